The van der Waals surface area contributed by atoms with Crippen LogP contribution in [0.5, 0.6) is 0 Å². The Morgan fingerprint density at radius 1 is 1.15 bits per heavy atom. The fourth-order valence-electron chi connectivity index (χ4n) is 3.87. The molecule has 2 aliphatic rings. The van der Waals surface area contributed by atoms with E-state index in [4.69, 9.17) is 4.74 Å². The van der Waals surface area contributed by atoms with Gasteiger partial charge in [-0.1, -0.05) is 17.7 Å². The van der Waals surface area contributed by atoms with E-state index in [1.54, 1.807) is 0 Å². The number of hydrogen-bond donors (Lipinski definition) is 1. The summed E-state index contributed by atoms with van der Waals surface area (Å²) in [7, 11) is 0. The van der Waals surface area contributed by atoms with E-state index >= 15 is 0 Å². The van der Waals surface area contributed by atoms with Crippen molar-refractivity contribution in [2.24, 2.45) is 0 Å². The molecule has 1 aromatic rings. The normalized spacial score (nSPS) is 21.1. The first kappa shape index (κ1) is 19.5. The maximum atomic E-state index is 12.4. The Bertz CT molecular complexity index is 723. The van der Waals surface area contributed by atoms with Crippen molar-refractivity contribution in [1.82, 2.24) is 10.2 Å². The summed E-state index contributed by atoms with van der Waals surface area (Å²) in [5.74, 6) is -0.185. The first-order chi connectivity index (χ1) is 12.9. The van der Waals surface area contributed by atoms with Gasteiger partial charge in [0.25, 0.3) is 0 Å². The molecule has 0 bridgehead atoms. The van der Waals surface area contributed by atoms with Crippen LogP contribution in [0, 0.1) is 13.8 Å². The number of benzene rings is 1. The molecule has 2 aliphatic heterocycles. The number of Topliss-reactive ketones (excluding diaryl/α,β-unsaturated/α-hetero) is 1. The van der Waals surface area contributed by atoms with Gasteiger partial charge in [0.1, 0.15) is 6.04 Å². The summed E-state index contributed by atoms with van der Waals surface area (Å²) in [6.45, 7) is 5.95. The fraction of sp³-hybridized carbons (Fsp3) is 0.571. The lowest BCUT2D eigenvalue weighted by Crippen LogP contribution is -2.49. The highest BCUT2D eigenvalue weighted by atomic mass is 16.5. The number of carbonyl (C=O) groups is 3. The van der Waals surface area contributed by atoms with Crippen molar-refractivity contribution in [3.05, 3.63) is 34.9 Å². The highest BCUT2D eigenvalue weighted by molar-refractivity contribution is 5.99. The van der Waals surface area contributed by atoms with Crippen LogP contribution in [-0.4, -0.2) is 54.3 Å². The molecule has 1 atom stereocenters. The van der Waals surface area contributed by atoms with E-state index in [1.807, 2.05) is 32.0 Å². The third-order valence-electron chi connectivity index (χ3n) is 5.52. The largest absolute Gasteiger partial charge is 0.464 e. The second-order valence-electron chi connectivity index (χ2n) is 7.59. The summed E-state index contributed by atoms with van der Waals surface area (Å²) in [6, 6.07) is 5.81. The number of piperidine rings is 1. The third kappa shape index (κ3) is 4.95. The third-order valence-corrected chi connectivity index (χ3v) is 5.52. The number of aryl methyl sites for hydroxylation is 2. The van der Waals surface area contributed by atoms with E-state index < -0.39 is 0 Å². The van der Waals surface area contributed by atoms with Crippen molar-refractivity contribution in [3.8, 4) is 0 Å². The number of nitrogens with one attached hydrogen (secondary N) is 1. The standard InChI is InChI=1S/C21H28N2O4/c1-14-3-4-15(2)17(13-14)19(24)5-6-20(25)22-16-7-10-23(11-8-16)18-9-12-27-21(18)26/h3-4,13,16,18H,5-12H2,1-2H3,(H,22,25)/t18-/m0/s1. The molecule has 2 heterocycles. The number of hydrogen-bond acceptors (Lipinski definition) is 5. The molecule has 1 aromatic carbocycles. The number of carbonyl (C=O) groups excluding carboxylic acids is 3. The van der Waals surface area contributed by atoms with E-state index in [9.17, 15) is 14.4 Å². The number of ketones is 1. The highest BCUT2D eigenvalue weighted by Crippen LogP contribution is 2.20. The number of amides is 1. The maximum absolute atomic E-state index is 12.4. The van der Waals surface area contributed by atoms with Crippen LogP contribution in [-0.2, 0) is 14.3 Å². The van der Waals surface area contributed by atoms with Gasteiger partial charge in [-0.3, -0.25) is 19.3 Å². The van der Waals surface area contributed by atoms with Crippen molar-refractivity contribution in [2.45, 2.75) is 58.0 Å². The number of nitrogens with zero attached hydrogens (tertiary/aromatic N) is 1. The van der Waals surface area contributed by atoms with E-state index in [2.05, 4.69) is 10.2 Å². The van der Waals surface area contributed by atoms with Gasteiger partial charge < -0.3 is 10.1 Å². The summed E-state index contributed by atoms with van der Waals surface area (Å²) < 4.78 is 5.03. The van der Waals surface area contributed by atoms with Crippen LogP contribution in [0.1, 0.15) is 53.6 Å². The average molecular weight is 372 g/mol. The number of likely N-dealkylation sites (tertiary alicyclic amines) is 1. The quantitative estimate of drug-likeness (QED) is 0.612. The van der Waals surface area contributed by atoms with Crippen molar-refractivity contribution in [1.29, 1.82) is 0 Å². The predicted molar refractivity (Wildman–Crippen MR) is 102 cm³/mol. The lowest BCUT2D eigenvalue weighted by Gasteiger charge is -2.34. The zero-order valence-electron chi connectivity index (χ0n) is 16.1. The van der Waals surface area contributed by atoms with E-state index in [0.717, 1.165) is 43.5 Å². The van der Waals surface area contributed by atoms with Gasteiger partial charge in [0, 0.05) is 44.0 Å². The average Bonchev–Trinajstić information content (AvgIpc) is 3.08. The van der Waals surface area contributed by atoms with Gasteiger partial charge in [0.2, 0.25) is 5.91 Å². The van der Waals surface area contributed by atoms with Crippen molar-refractivity contribution >= 4 is 17.7 Å². The second kappa shape index (κ2) is 8.65. The SMILES string of the molecule is Cc1ccc(C)c(C(=O)CCC(=O)NC2CCN([C@H]3CCOC3=O)CC2)c1. The molecule has 0 saturated carbocycles. The zero-order valence-corrected chi connectivity index (χ0v) is 16.1. The van der Waals surface area contributed by atoms with Crippen molar-refractivity contribution in [3.63, 3.8) is 0 Å². The Labute approximate surface area is 160 Å². The van der Waals surface area contributed by atoms with Crippen LogP contribution in [0.4, 0.5) is 0 Å². The van der Waals surface area contributed by atoms with Crippen LogP contribution < -0.4 is 5.32 Å². The number of ether oxygens (including phenoxy) is 1. The minimum absolute atomic E-state index is 0.0147. The predicted octanol–water partition coefficient (Wildman–Crippen LogP) is 2.16. The molecule has 6 nitrogen and oxygen atoms in total. The molecule has 0 spiro atoms. The minimum atomic E-state index is -0.123. The lowest BCUT2D eigenvalue weighted by molar-refractivity contribution is -0.142. The molecule has 0 unspecified atom stereocenters. The van der Waals surface area contributed by atoms with Crippen LogP contribution in [0.2, 0.25) is 0 Å². The van der Waals surface area contributed by atoms with Gasteiger partial charge >= 0.3 is 5.97 Å². The lowest BCUT2D eigenvalue weighted by atomic mass is 9.99. The molecule has 0 aromatic heterocycles. The molecule has 2 fully saturated rings. The van der Waals surface area contributed by atoms with Crippen molar-refractivity contribution in [2.75, 3.05) is 19.7 Å². The molecular formula is C21H28N2O4. The first-order valence-electron chi connectivity index (χ1n) is 9.74. The molecule has 2 saturated heterocycles. The van der Waals surface area contributed by atoms with Crippen molar-refractivity contribution < 1.29 is 19.1 Å². The molecular weight excluding hydrogens is 344 g/mol. The monoisotopic (exact) mass is 372 g/mol. The number of cyclic esters (lactones) is 1. The Balaban J connectivity index is 1.41. The van der Waals surface area contributed by atoms with Gasteiger partial charge in [0.05, 0.1) is 6.61 Å². The fourth-order valence-corrected chi connectivity index (χ4v) is 3.87. The smallest absolute Gasteiger partial charge is 0.323 e. The Kier molecular flexibility index (Phi) is 6.26. The van der Waals surface area contributed by atoms with Gasteiger partial charge in [-0.2, -0.15) is 0 Å². The van der Waals surface area contributed by atoms with Gasteiger partial charge in [0.15, 0.2) is 5.78 Å². The molecule has 27 heavy (non-hydrogen) atoms. The summed E-state index contributed by atoms with van der Waals surface area (Å²) in [4.78, 5) is 38.5. The maximum Gasteiger partial charge on any atom is 0.323 e. The molecule has 3 rings (SSSR count). The molecule has 1 N–H and O–H groups in total. The van der Waals surface area contributed by atoms with Gasteiger partial charge in [-0.05, 0) is 38.3 Å². The van der Waals surface area contributed by atoms with Gasteiger partial charge in [-0.25, -0.2) is 0 Å². The minimum Gasteiger partial charge on any atom is -0.464 e. The first-order valence-corrected chi connectivity index (χ1v) is 9.74. The van der Waals surface area contributed by atoms with E-state index in [1.165, 1.54) is 0 Å². The summed E-state index contributed by atoms with van der Waals surface area (Å²) in [5.41, 5.74) is 2.70. The highest BCUT2D eigenvalue weighted by Gasteiger charge is 2.34. The number of rotatable bonds is 6. The zero-order chi connectivity index (χ0) is 19.4. The molecule has 0 aliphatic carbocycles. The molecule has 1 amide bonds. The summed E-state index contributed by atoms with van der Waals surface area (Å²) in [5, 5.41) is 3.04. The van der Waals surface area contributed by atoms with E-state index in [0.29, 0.717) is 12.2 Å². The van der Waals surface area contributed by atoms with Crippen LogP contribution >= 0.6 is 0 Å². The molecule has 146 valence electrons. The molecule has 6 heteroatoms. The summed E-state index contributed by atoms with van der Waals surface area (Å²) >= 11 is 0. The van der Waals surface area contributed by atoms with Crippen LogP contribution in [0.3, 0.4) is 0 Å². The Morgan fingerprint density at radius 2 is 1.89 bits per heavy atom. The molecule has 0 radical (unpaired) electrons. The second-order valence-corrected chi connectivity index (χ2v) is 7.59. The summed E-state index contributed by atoms with van der Waals surface area (Å²) in [6.07, 6.45) is 2.83. The Hall–Kier alpha value is -2.21. The number of esters is 1. The van der Waals surface area contributed by atoms with E-state index in [-0.39, 0.29) is 42.6 Å². The Morgan fingerprint density at radius 3 is 2.56 bits per heavy atom. The van der Waals surface area contributed by atoms with Crippen LogP contribution in [0.25, 0.3) is 0 Å². The van der Waals surface area contributed by atoms with Crippen LogP contribution in [0.15, 0.2) is 18.2 Å². The van der Waals surface area contributed by atoms with Gasteiger partial charge in [-0.15, -0.1) is 0 Å². The topological polar surface area (TPSA) is 75.7 Å².